The maximum absolute atomic E-state index is 12.2. The summed E-state index contributed by atoms with van der Waals surface area (Å²) in [4.78, 5) is 39.6. The highest BCUT2D eigenvalue weighted by atomic mass is 32.2. The van der Waals surface area contributed by atoms with Gasteiger partial charge in [0, 0.05) is 12.7 Å². The SMILES string of the molecule is O=C(O)CC1CS(=O)(=O)CCN1C(=O)c1c[nH]c(=O)[nH]1. The highest BCUT2D eigenvalue weighted by molar-refractivity contribution is 7.91. The number of carbonyl (C=O) groups is 2. The normalized spacial score (nSPS) is 21.6. The molecule has 0 radical (unpaired) electrons. The molecule has 1 unspecified atom stereocenters. The number of carboxylic acids is 1. The van der Waals surface area contributed by atoms with Crippen molar-refractivity contribution in [2.45, 2.75) is 12.5 Å². The summed E-state index contributed by atoms with van der Waals surface area (Å²) in [5.74, 6) is -2.39. The van der Waals surface area contributed by atoms with E-state index in [4.69, 9.17) is 5.11 Å². The third-order valence-electron chi connectivity index (χ3n) is 3.03. The molecule has 0 saturated carbocycles. The summed E-state index contributed by atoms with van der Waals surface area (Å²) in [6.45, 7) is -0.0909. The molecule has 20 heavy (non-hydrogen) atoms. The zero-order chi connectivity index (χ0) is 14.9. The number of nitrogens with one attached hydrogen (secondary N) is 2. The van der Waals surface area contributed by atoms with Gasteiger partial charge < -0.3 is 20.0 Å². The average molecular weight is 303 g/mol. The lowest BCUT2D eigenvalue weighted by Crippen LogP contribution is -2.52. The average Bonchev–Trinajstić information content (AvgIpc) is 2.73. The monoisotopic (exact) mass is 303 g/mol. The van der Waals surface area contributed by atoms with Crippen molar-refractivity contribution in [2.24, 2.45) is 0 Å². The molecule has 2 rings (SSSR count). The molecule has 1 saturated heterocycles. The first-order valence-electron chi connectivity index (χ1n) is 5.79. The number of H-pyrrole nitrogens is 2. The topological polar surface area (TPSA) is 140 Å². The van der Waals surface area contributed by atoms with Crippen molar-refractivity contribution in [2.75, 3.05) is 18.1 Å². The molecule has 110 valence electrons. The number of nitrogens with zero attached hydrogens (tertiary/aromatic N) is 1. The van der Waals surface area contributed by atoms with Crippen LogP contribution in [0, 0.1) is 0 Å². The van der Waals surface area contributed by atoms with Crippen molar-refractivity contribution in [3.8, 4) is 0 Å². The smallest absolute Gasteiger partial charge is 0.323 e. The fourth-order valence-electron chi connectivity index (χ4n) is 2.13. The number of carbonyl (C=O) groups excluding carboxylic acids is 1. The van der Waals surface area contributed by atoms with Crippen LogP contribution >= 0.6 is 0 Å². The second-order valence-corrected chi connectivity index (χ2v) is 6.75. The van der Waals surface area contributed by atoms with Crippen molar-refractivity contribution >= 4 is 21.7 Å². The minimum Gasteiger partial charge on any atom is -0.481 e. The molecule has 9 nitrogen and oxygen atoms in total. The van der Waals surface area contributed by atoms with E-state index in [1.807, 2.05) is 0 Å². The number of carboxylic acid groups (broad SMARTS) is 1. The van der Waals surface area contributed by atoms with Crippen molar-refractivity contribution in [3.63, 3.8) is 0 Å². The summed E-state index contributed by atoms with van der Waals surface area (Å²) in [5, 5.41) is 8.81. The molecule has 2 heterocycles. The lowest BCUT2D eigenvalue weighted by atomic mass is 10.2. The van der Waals surface area contributed by atoms with Crippen LogP contribution < -0.4 is 5.69 Å². The Labute approximate surface area is 113 Å². The van der Waals surface area contributed by atoms with Crippen LogP contribution in [0.3, 0.4) is 0 Å². The number of rotatable bonds is 3. The Morgan fingerprint density at radius 1 is 1.45 bits per heavy atom. The van der Waals surface area contributed by atoms with Crippen LogP contribution in [0.1, 0.15) is 16.9 Å². The van der Waals surface area contributed by atoms with Gasteiger partial charge in [-0.05, 0) is 0 Å². The number of aliphatic carboxylic acids is 1. The Morgan fingerprint density at radius 2 is 2.15 bits per heavy atom. The Kier molecular flexibility index (Phi) is 3.66. The number of aromatic amines is 2. The van der Waals surface area contributed by atoms with E-state index in [0.29, 0.717) is 0 Å². The minimum atomic E-state index is -3.36. The molecule has 0 spiro atoms. The Morgan fingerprint density at radius 3 is 2.70 bits per heavy atom. The van der Waals surface area contributed by atoms with Crippen molar-refractivity contribution in [1.82, 2.24) is 14.9 Å². The van der Waals surface area contributed by atoms with Gasteiger partial charge >= 0.3 is 11.7 Å². The van der Waals surface area contributed by atoms with E-state index in [1.165, 1.54) is 11.1 Å². The van der Waals surface area contributed by atoms with Gasteiger partial charge in [-0.3, -0.25) is 9.59 Å². The van der Waals surface area contributed by atoms with Crippen LogP contribution in [0.4, 0.5) is 0 Å². The standard InChI is InChI=1S/C10H13N3O6S/c14-8(15)3-6-5-20(18,19)2-1-13(6)9(16)7-4-11-10(17)12-7/h4,6H,1-3,5H2,(H,14,15)(H2,11,12,17). The van der Waals surface area contributed by atoms with Crippen LogP contribution in [-0.4, -0.2) is 64.4 Å². The molecule has 1 fully saturated rings. The van der Waals surface area contributed by atoms with Gasteiger partial charge in [0.05, 0.1) is 24.0 Å². The van der Waals surface area contributed by atoms with Crippen LogP contribution in [0.15, 0.2) is 11.0 Å². The number of imidazole rings is 1. The molecule has 0 bridgehead atoms. The van der Waals surface area contributed by atoms with Gasteiger partial charge in [0.25, 0.3) is 5.91 Å². The second kappa shape index (κ2) is 5.12. The van der Waals surface area contributed by atoms with E-state index in [2.05, 4.69) is 9.97 Å². The molecule has 10 heteroatoms. The highest BCUT2D eigenvalue weighted by Gasteiger charge is 2.36. The molecule has 1 aliphatic heterocycles. The largest absolute Gasteiger partial charge is 0.481 e. The number of hydrogen-bond donors (Lipinski definition) is 3. The van der Waals surface area contributed by atoms with Crippen LogP contribution in [0.2, 0.25) is 0 Å². The molecule has 0 aromatic carbocycles. The van der Waals surface area contributed by atoms with Gasteiger partial charge in [-0.15, -0.1) is 0 Å². The highest BCUT2D eigenvalue weighted by Crippen LogP contribution is 2.17. The lowest BCUT2D eigenvalue weighted by Gasteiger charge is -2.34. The van der Waals surface area contributed by atoms with Gasteiger partial charge in [0.2, 0.25) is 0 Å². The summed E-state index contributed by atoms with van der Waals surface area (Å²) >= 11 is 0. The maximum atomic E-state index is 12.2. The predicted molar refractivity (Wildman–Crippen MR) is 67.1 cm³/mol. The van der Waals surface area contributed by atoms with E-state index < -0.39 is 39.9 Å². The first-order valence-corrected chi connectivity index (χ1v) is 7.61. The number of amides is 1. The zero-order valence-corrected chi connectivity index (χ0v) is 11.1. The summed E-state index contributed by atoms with van der Waals surface area (Å²) in [7, 11) is -3.36. The summed E-state index contributed by atoms with van der Waals surface area (Å²) < 4.78 is 23.1. The zero-order valence-electron chi connectivity index (χ0n) is 10.3. The van der Waals surface area contributed by atoms with Crippen molar-refractivity contribution in [3.05, 3.63) is 22.4 Å². The molecular formula is C10H13N3O6S. The van der Waals surface area contributed by atoms with E-state index in [1.54, 1.807) is 0 Å². The first kappa shape index (κ1) is 14.3. The van der Waals surface area contributed by atoms with Crippen LogP contribution in [-0.2, 0) is 14.6 Å². The Bertz CT molecular complexity index is 688. The van der Waals surface area contributed by atoms with Crippen LogP contribution in [0.5, 0.6) is 0 Å². The molecule has 0 aliphatic carbocycles. The summed E-state index contributed by atoms with van der Waals surface area (Å²) in [6.07, 6.45) is 0.714. The molecule has 1 aliphatic rings. The van der Waals surface area contributed by atoms with Crippen molar-refractivity contribution in [1.29, 1.82) is 0 Å². The molecule has 1 atom stereocenters. The number of hydrogen-bond acceptors (Lipinski definition) is 5. The van der Waals surface area contributed by atoms with Gasteiger partial charge in [-0.1, -0.05) is 0 Å². The van der Waals surface area contributed by atoms with E-state index in [0.717, 1.165) is 0 Å². The Balaban J connectivity index is 2.25. The van der Waals surface area contributed by atoms with E-state index in [9.17, 15) is 22.8 Å². The summed E-state index contributed by atoms with van der Waals surface area (Å²) in [6, 6.07) is -0.933. The molecule has 1 aromatic heterocycles. The third kappa shape index (κ3) is 3.07. The van der Waals surface area contributed by atoms with Gasteiger partial charge in [-0.25, -0.2) is 13.2 Å². The fourth-order valence-corrected chi connectivity index (χ4v) is 3.65. The molecule has 3 N–H and O–H groups in total. The van der Waals surface area contributed by atoms with Gasteiger partial charge in [0.15, 0.2) is 9.84 Å². The minimum absolute atomic E-state index is 0.0234. The lowest BCUT2D eigenvalue weighted by molar-refractivity contribution is -0.138. The molecular weight excluding hydrogens is 290 g/mol. The fraction of sp³-hybridized carbons (Fsp3) is 0.500. The third-order valence-corrected chi connectivity index (χ3v) is 4.72. The van der Waals surface area contributed by atoms with Gasteiger partial charge in [-0.2, -0.15) is 0 Å². The second-order valence-electron chi connectivity index (χ2n) is 4.52. The molecule has 1 amide bonds. The van der Waals surface area contributed by atoms with E-state index >= 15 is 0 Å². The Hall–Kier alpha value is -2.10. The first-order chi connectivity index (χ1) is 9.28. The maximum Gasteiger partial charge on any atom is 0.323 e. The van der Waals surface area contributed by atoms with Crippen LogP contribution in [0.25, 0.3) is 0 Å². The van der Waals surface area contributed by atoms with E-state index in [-0.39, 0.29) is 23.7 Å². The number of aromatic nitrogens is 2. The molecule has 1 aromatic rings. The van der Waals surface area contributed by atoms with Crippen molar-refractivity contribution < 1.29 is 23.1 Å². The predicted octanol–water partition coefficient (Wildman–Crippen LogP) is -1.58. The summed E-state index contributed by atoms with van der Waals surface area (Å²) in [5.41, 5.74) is -0.586. The number of sulfone groups is 1. The van der Waals surface area contributed by atoms with Gasteiger partial charge in [0.1, 0.15) is 5.69 Å². The quantitative estimate of drug-likeness (QED) is 0.615.